The zero-order valence-corrected chi connectivity index (χ0v) is 20.3. The molecule has 1 saturated heterocycles. The summed E-state index contributed by atoms with van der Waals surface area (Å²) in [5, 5.41) is 4.49. The number of aromatic nitrogens is 2. The number of rotatable bonds is 5. The second-order valence-corrected chi connectivity index (χ2v) is 9.41. The molecule has 1 fully saturated rings. The Morgan fingerprint density at radius 1 is 1.09 bits per heavy atom. The minimum Gasteiger partial charge on any atom is -0.458 e. The van der Waals surface area contributed by atoms with Gasteiger partial charge in [-0.2, -0.15) is 5.10 Å². The number of hydrogen-bond donors (Lipinski definition) is 0. The number of aryl methyl sites for hydroxylation is 2. The first-order valence-electron chi connectivity index (χ1n) is 11.8. The number of carbonyl (C=O) groups excluding carboxylic acids is 3. The molecule has 0 spiro atoms. The highest BCUT2D eigenvalue weighted by Crippen LogP contribution is 2.46. The molecule has 5 rings (SSSR count). The second-order valence-electron chi connectivity index (χ2n) is 9.41. The van der Waals surface area contributed by atoms with Crippen LogP contribution >= 0.6 is 0 Å². The average Bonchev–Trinajstić information content (AvgIpc) is 3.36. The van der Waals surface area contributed by atoms with Crippen LogP contribution in [-0.2, 0) is 20.9 Å². The molecule has 0 saturated carbocycles. The Balaban J connectivity index is 1.43. The molecule has 0 N–H and O–H groups in total. The monoisotopic (exact) mass is 472 g/mol. The van der Waals surface area contributed by atoms with E-state index >= 15 is 0 Å². The van der Waals surface area contributed by atoms with Crippen molar-refractivity contribution in [3.05, 3.63) is 77.1 Å². The van der Waals surface area contributed by atoms with Crippen LogP contribution in [0, 0.1) is 13.8 Å². The van der Waals surface area contributed by atoms with E-state index in [0.717, 1.165) is 22.6 Å². The third-order valence-corrected chi connectivity index (χ3v) is 6.70. The Hall–Kier alpha value is -3.94. The van der Waals surface area contributed by atoms with Gasteiger partial charge in [0.1, 0.15) is 6.61 Å². The van der Waals surface area contributed by atoms with Crippen LogP contribution in [0.4, 0.5) is 5.69 Å². The molecular weight excluding hydrogens is 444 g/mol. The third kappa shape index (κ3) is 3.51. The lowest BCUT2D eigenvalue weighted by atomic mass is 9.95. The molecule has 1 atom stereocenters. The minimum absolute atomic E-state index is 0.0295. The van der Waals surface area contributed by atoms with Gasteiger partial charge in [-0.1, -0.05) is 24.3 Å². The molecule has 2 amide bonds. The SMILES string of the molecule is Cc1cc(C)n(-c2ccc(COC(=O)[C@]34CCC(=O)N3c3ccccc3C(=O)N4C(C)C)cc2)n1. The van der Waals surface area contributed by atoms with Crippen molar-refractivity contribution in [2.45, 2.75) is 58.8 Å². The maximum atomic E-state index is 13.7. The molecule has 0 unspecified atom stereocenters. The van der Waals surface area contributed by atoms with Crippen LogP contribution in [0.2, 0.25) is 0 Å². The molecule has 35 heavy (non-hydrogen) atoms. The lowest BCUT2D eigenvalue weighted by molar-refractivity contribution is -0.159. The molecule has 3 aromatic rings. The Morgan fingerprint density at radius 3 is 2.46 bits per heavy atom. The van der Waals surface area contributed by atoms with Crippen molar-refractivity contribution in [3.8, 4) is 5.69 Å². The van der Waals surface area contributed by atoms with Crippen LogP contribution in [0.5, 0.6) is 0 Å². The minimum atomic E-state index is -1.49. The van der Waals surface area contributed by atoms with Crippen molar-refractivity contribution in [3.63, 3.8) is 0 Å². The van der Waals surface area contributed by atoms with Gasteiger partial charge in [0.25, 0.3) is 5.91 Å². The first kappa shape index (κ1) is 22.8. The normalized spacial score (nSPS) is 19.2. The standard InChI is InChI=1S/C27H28N4O4/c1-17(2)29-25(33)22-7-5-6-8-23(22)30-24(32)13-14-27(29,30)26(34)35-16-20-9-11-21(12-10-20)31-19(4)15-18(3)28-31/h5-12,15,17H,13-14,16H2,1-4H3/t27-/m0/s1. The van der Waals surface area contributed by atoms with Gasteiger partial charge in [0.15, 0.2) is 0 Å². The maximum absolute atomic E-state index is 13.7. The molecule has 0 aliphatic carbocycles. The van der Waals surface area contributed by atoms with Crippen LogP contribution in [0.3, 0.4) is 0 Å². The summed E-state index contributed by atoms with van der Waals surface area (Å²) < 4.78 is 7.65. The third-order valence-electron chi connectivity index (χ3n) is 6.70. The predicted octanol–water partition coefficient (Wildman–Crippen LogP) is 3.92. The molecule has 2 aromatic carbocycles. The van der Waals surface area contributed by atoms with Gasteiger partial charge in [-0.05, 0) is 63.6 Å². The van der Waals surface area contributed by atoms with Gasteiger partial charge < -0.3 is 9.64 Å². The summed E-state index contributed by atoms with van der Waals surface area (Å²) in [4.78, 5) is 43.1. The Bertz CT molecular complexity index is 1330. The van der Waals surface area contributed by atoms with Gasteiger partial charge in [0, 0.05) is 24.6 Å². The number of nitrogens with zero attached hydrogens (tertiary/aromatic N) is 4. The van der Waals surface area contributed by atoms with Gasteiger partial charge >= 0.3 is 5.97 Å². The van der Waals surface area contributed by atoms with Crippen molar-refractivity contribution in [1.82, 2.24) is 14.7 Å². The number of fused-ring (bicyclic) bond motifs is 3. The number of amides is 2. The number of carbonyl (C=O) groups is 3. The maximum Gasteiger partial charge on any atom is 0.354 e. The zero-order chi connectivity index (χ0) is 24.9. The molecule has 1 aromatic heterocycles. The van der Waals surface area contributed by atoms with E-state index in [9.17, 15) is 14.4 Å². The van der Waals surface area contributed by atoms with Gasteiger partial charge in [-0.3, -0.25) is 14.5 Å². The van der Waals surface area contributed by atoms with Crippen LogP contribution < -0.4 is 4.90 Å². The van der Waals surface area contributed by atoms with Crippen LogP contribution in [-0.4, -0.2) is 44.2 Å². The van der Waals surface area contributed by atoms with Crippen molar-refractivity contribution in [2.75, 3.05) is 4.90 Å². The van der Waals surface area contributed by atoms with E-state index in [1.807, 2.05) is 62.7 Å². The van der Waals surface area contributed by atoms with E-state index in [1.54, 1.807) is 24.3 Å². The van der Waals surface area contributed by atoms with Crippen molar-refractivity contribution in [1.29, 1.82) is 0 Å². The molecule has 3 heterocycles. The summed E-state index contributed by atoms with van der Waals surface area (Å²) in [5.74, 6) is -1.06. The number of esters is 1. The Kier molecular flexibility index (Phi) is 5.46. The summed E-state index contributed by atoms with van der Waals surface area (Å²) in [5.41, 5.74) is 3.08. The van der Waals surface area contributed by atoms with Crippen LogP contribution in [0.25, 0.3) is 5.69 Å². The average molecular weight is 473 g/mol. The highest BCUT2D eigenvalue weighted by atomic mass is 16.5. The molecule has 8 heteroatoms. The summed E-state index contributed by atoms with van der Waals surface area (Å²) in [6, 6.07) is 16.3. The smallest absolute Gasteiger partial charge is 0.354 e. The quantitative estimate of drug-likeness (QED) is 0.526. The number of hydrogen-bond acceptors (Lipinski definition) is 5. The van der Waals surface area contributed by atoms with E-state index in [1.165, 1.54) is 9.80 Å². The Morgan fingerprint density at radius 2 is 1.80 bits per heavy atom. The number of para-hydroxylation sites is 1. The van der Waals surface area contributed by atoms with Crippen LogP contribution in [0.1, 0.15) is 54.0 Å². The predicted molar refractivity (Wildman–Crippen MR) is 130 cm³/mol. The van der Waals surface area contributed by atoms with E-state index in [4.69, 9.17) is 4.74 Å². The van der Waals surface area contributed by atoms with Gasteiger partial charge in [0.05, 0.1) is 22.6 Å². The van der Waals surface area contributed by atoms with Crippen LogP contribution in [0.15, 0.2) is 54.6 Å². The first-order valence-corrected chi connectivity index (χ1v) is 11.8. The molecule has 2 aliphatic heterocycles. The number of anilines is 1. The molecular formula is C27H28N4O4. The topological polar surface area (TPSA) is 84.7 Å². The summed E-state index contributed by atoms with van der Waals surface area (Å²) >= 11 is 0. The fraction of sp³-hybridized carbons (Fsp3) is 0.333. The highest BCUT2D eigenvalue weighted by molar-refractivity contribution is 6.15. The van der Waals surface area contributed by atoms with Gasteiger partial charge in [-0.15, -0.1) is 0 Å². The lowest BCUT2D eigenvalue weighted by Crippen LogP contribution is -2.70. The van der Waals surface area contributed by atoms with Gasteiger partial charge in [0.2, 0.25) is 11.6 Å². The van der Waals surface area contributed by atoms with E-state index < -0.39 is 11.6 Å². The molecule has 8 nitrogen and oxygen atoms in total. The molecule has 180 valence electrons. The molecule has 0 bridgehead atoms. The molecule has 2 aliphatic rings. The fourth-order valence-corrected chi connectivity index (χ4v) is 5.26. The summed E-state index contributed by atoms with van der Waals surface area (Å²) in [6.07, 6.45) is 0.358. The fourth-order valence-electron chi connectivity index (χ4n) is 5.26. The van der Waals surface area contributed by atoms with Crippen molar-refractivity contribution in [2.24, 2.45) is 0 Å². The number of ether oxygens (including phenoxy) is 1. The Labute approximate surface area is 204 Å². The largest absolute Gasteiger partial charge is 0.458 e. The molecule has 0 radical (unpaired) electrons. The highest BCUT2D eigenvalue weighted by Gasteiger charge is 2.62. The lowest BCUT2D eigenvalue weighted by Gasteiger charge is -2.50. The van der Waals surface area contributed by atoms with Crippen molar-refractivity contribution >= 4 is 23.5 Å². The van der Waals surface area contributed by atoms with Gasteiger partial charge in [-0.25, -0.2) is 9.48 Å². The van der Waals surface area contributed by atoms with E-state index in [0.29, 0.717) is 11.3 Å². The first-order chi connectivity index (χ1) is 16.7. The number of benzene rings is 2. The van der Waals surface area contributed by atoms with E-state index in [-0.39, 0.29) is 37.3 Å². The zero-order valence-electron chi connectivity index (χ0n) is 20.3. The van der Waals surface area contributed by atoms with E-state index in [2.05, 4.69) is 5.10 Å². The summed E-state index contributed by atoms with van der Waals surface area (Å²) in [7, 11) is 0. The summed E-state index contributed by atoms with van der Waals surface area (Å²) in [6.45, 7) is 7.66. The van der Waals surface area contributed by atoms with Crippen molar-refractivity contribution < 1.29 is 19.1 Å². The second kappa shape index (κ2) is 8.37.